The fourth-order valence-corrected chi connectivity index (χ4v) is 1.97. The fourth-order valence-electron chi connectivity index (χ4n) is 1.36. The minimum absolute atomic E-state index is 0.431. The summed E-state index contributed by atoms with van der Waals surface area (Å²) in [5, 5.41) is 9.43. The van der Waals surface area contributed by atoms with Gasteiger partial charge < -0.3 is 9.84 Å². The van der Waals surface area contributed by atoms with Gasteiger partial charge in [-0.05, 0) is 42.5 Å². The third-order valence-electron chi connectivity index (χ3n) is 2.25. The Balaban J connectivity index is 2.33. The number of aliphatic hydroxyl groups excluding tert-OH is 1. The molecule has 0 bridgehead atoms. The van der Waals surface area contributed by atoms with E-state index in [1.807, 2.05) is 36.0 Å². The number of ether oxygens (including phenoxy) is 1. The van der Waals surface area contributed by atoms with Crippen LogP contribution in [-0.4, -0.2) is 23.2 Å². The molecule has 2 nitrogen and oxygen atoms in total. The highest BCUT2D eigenvalue weighted by Crippen LogP contribution is 2.18. The van der Waals surface area contributed by atoms with Gasteiger partial charge in [-0.1, -0.05) is 19.1 Å². The molecule has 1 rings (SSSR count). The van der Waals surface area contributed by atoms with Crippen molar-refractivity contribution < 1.29 is 9.84 Å². The standard InChI is InChI=1S/C13H20O2S/c1-3-16-9-5-8-15-13-7-4-6-12(10-13)11(2)14/h4,6-7,10-11,14H,3,5,8-9H2,1-2H3. The van der Waals surface area contributed by atoms with Crippen LogP contribution in [0.15, 0.2) is 24.3 Å². The first-order valence-corrected chi connectivity index (χ1v) is 6.88. The Morgan fingerprint density at radius 2 is 2.25 bits per heavy atom. The van der Waals surface area contributed by atoms with Crippen LogP contribution >= 0.6 is 11.8 Å². The van der Waals surface area contributed by atoms with Gasteiger partial charge in [-0.3, -0.25) is 0 Å². The van der Waals surface area contributed by atoms with Crippen LogP contribution in [0.5, 0.6) is 5.75 Å². The van der Waals surface area contributed by atoms with Gasteiger partial charge in [0.15, 0.2) is 0 Å². The van der Waals surface area contributed by atoms with Crippen molar-refractivity contribution in [1.82, 2.24) is 0 Å². The van der Waals surface area contributed by atoms with Crippen LogP contribution < -0.4 is 4.74 Å². The first kappa shape index (κ1) is 13.4. The molecule has 3 heteroatoms. The number of hydrogen-bond donors (Lipinski definition) is 1. The maximum Gasteiger partial charge on any atom is 0.119 e. The maximum atomic E-state index is 9.43. The van der Waals surface area contributed by atoms with E-state index in [-0.39, 0.29) is 0 Å². The smallest absolute Gasteiger partial charge is 0.119 e. The van der Waals surface area contributed by atoms with Crippen LogP contribution in [0, 0.1) is 0 Å². The molecule has 0 fully saturated rings. The van der Waals surface area contributed by atoms with E-state index in [1.165, 1.54) is 0 Å². The highest BCUT2D eigenvalue weighted by Gasteiger charge is 2.01. The van der Waals surface area contributed by atoms with Gasteiger partial charge in [0.2, 0.25) is 0 Å². The Bertz CT molecular complexity index is 300. The summed E-state index contributed by atoms with van der Waals surface area (Å²) in [5.41, 5.74) is 0.903. The summed E-state index contributed by atoms with van der Waals surface area (Å²) in [6.07, 6.45) is 0.636. The van der Waals surface area contributed by atoms with Crippen molar-refractivity contribution >= 4 is 11.8 Å². The number of hydrogen-bond acceptors (Lipinski definition) is 3. The molecular weight excluding hydrogens is 220 g/mol. The number of aliphatic hydroxyl groups is 1. The summed E-state index contributed by atoms with van der Waals surface area (Å²) in [4.78, 5) is 0. The molecule has 0 spiro atoms. The van der Waals surface area contributed by atoms with Crippen molar-refractivity contribution in [3.05, 3.63) is 29.8 Å². The van der Waals surface area contributed by atoms with Gasteiger partial charge in [-0.15, -0.1) is 0 Å². The molecule has 1 atom stereocenters. The van der Waals surface area contributed by atoms with E-state index in [1.54, 1.807) is 6.92 Å². The molecule has 0 amide bonds. The van der Waals surface area contributed by atoms with E-state index < -0.39 is 6.10 Å². The van der Waals surface area contributed by atoms with Gasteiger partial charge in [-0.25, -0.2) is 0 Å². The first-order valence-electron chi connectivity index (χ1n) is 5.72. The highest BCUT2D eigenvalue weighted by atomic mass is 32.2. The zero-order chi connectivity index (χ0) is 11.8. The van der Waals surface area contributed by atoms with E-state index in [2.05, 4.69) is 6.92 Å². The summed E-state index contributed by atoms with van der Waals surface area (Å²) in [6.45, 7) is 4.67. The molecule has 0 aliphatic rings. The molecular formula is C13H20O2S. The zero-order valence-corrected chi connectivity index (χ0v) is 10.8. The summed E-state index contributed by atoms with van der Waals surface area (Å²) >= 11 is 1.93. The monoisotopic (exact) mass is 240 g/mol. The Kier molecular flexibility index (Phi) is 6.34. The second-order valence-corrected chi connectivity index (χ2v) is 5.04. The fraction of sp³-hybridized carbons (Fsp3) is 0.538. The van der Waals surface area contributed by atoms with E-state index in [0.717, 1.165) is 35.8 Å². The maximum absolute atomic E-state index is 9.43. The molecule has 0 radical (unpaired) electrons. The van der Waals surface area contributed by atoms with Crippen LogP contribution in [0.2, 0.25) is 0 Å². The average Bonchev–Trinajstić information content (AvgIpc) is 2.29. The van der Waals surface area contributed by atoms with Crippen LogP contribution in [0.4, 0.5) is 0 Å². The zero-order valence-electron chi connectivity index (χ0n) is 9.98. The molecule has 1 unspecified atom stereocenters. The van der Waals surface area contributed by atoms with Crippen LogP contribution in [0.3, 0.4) is 0 Å². The van der Waals surface area contributed by atoms with Gasteiger partial charge in [0.05, 0.1) is 12.7 Å². The topological polar surface area (TPSA) is 29.5 Å². The molecule has 0 saturated carbocycles. The van der Waals surface area contributed by atoms with Gasteiger partial charge in [0.1, 0.15) is 5.75 Å². The lowest BCUT2D eigenvalue weighted by Gasteiger charge is -2.09. The summed E-state index contributed by atoms with van der Waals surface area (Å²) in [7, 11) is 0. The van der Waals surface area contributed by atoms with E-state index in [9.17, 15) is 5.11 Å². The average molecular weight is 240 g/mol. The van der Waals surface area contributed by atoms with Crippen molar-refractivity contribution in [2.24, 2.45) is 0 Å². The Labute approximate surface area is 102 Å². The van der Waals surface area contributed by atoms with E-state index in [4.69, 9.17) is 4.74 Å². The molecule has 1 N–H and O–H groups in total. The Morgan fingerprint density at radius 1 is 1.44 bits per heavy atom. The minimum atomic E-state index is -0.431. The van der Waals surface area contributed by atoms with Gasteiger partial charge in [0, 0.05) is 0 Å². The number of benzene rings is 1. The molecule has 0 aliphatic heterocycles. The first-order chi connectivity index (χ1) is 7.74. The highest BCUT2D eigenvalue weighted by molar-refractivity contribution is 7.99. The summed E-state index contributed by atoms with van der Waals surface area (Å²) < 4.78 is 5.62. The molecule has 1 aromatic carbocycles. The minimum Gasteiger partial charge on any atom is -0.494 e. The van der Waals surface area contributed by atoms with Gasteiger partial charge in [0.25, 0.3) is 0 Å². The lowest BCUT2D eigenvalue weighted by Crippen LogP contribution is -2.00. The van der Waals surface area contributed by atoms with Crippen molar-refractivity contribution in [2.75, 3.05) is 18.1 Å². The van der Waals surface area contributed by atoms with Crippen molar-refractivity contribution in [2.45, 2.75) is 26.4 Å². The Morgan fingerprint density at radius 3 is 2.94 bits per heavy atom. The van der Waals surface area contributed by atoms with Crippen LogP contribution in [-0.2, 0) is 0 Å². The molecule has 90 valence electrons. The van der Waals surface area contributed by atoms with E-state index in [0.29, 0.717) is 0 Å². The van der Waals surface area contributed by atoms with E-state index >= 15 is 0 Å². The molecule has 0 heterocycles. The predicted octanol–water partition coefficient (Wildman–Crippen LogP) is 3.26. The molecule has 1 aromatic rings. The predicted molar refractivity (Wildman–Crippen MR) is 70.2 cm³/mol. The summed E-state index contributed by atoms with van der Waals surface area (Å²) in [6, 6.07) is 7.65. The van der Waals surface area contributed by atoms with Gasteiger partial charge >= 0.3 is 0 Å². The van der Waals surface area contributed by atoms with Gasteiger partial charge in [-0.2, -0.15) is 11.8 Å². The lowest BCUT2D eigenvalue weighted by atomic mass is 10.1. The second-order valence-electron chi connectivity index (χ2n) is 3.65. The molecule has 0 aliphatic carbocycles. The van der Waals surface area contributed by atoms with Crippen molar-refractivity contribution in [3.8, 4) is 5.75 Å². The quantitative estimate of drug-likeness (QED) is 0.742. The van der Waals surface area contributed by atoms with Crippen LogP contribution in [0.1, 0.15) is 31.9 Å². The normalized spacial score (nSPS) is 12.4. The number of rotatable bonds is 7. The third kappa shape index (κ3) is 4.90. The Hall–Kier alpha value is -0.670. The lowest BCUT2D eigenvalue weighted by molar-refractivity contribution is 0.198. The third-order valence-corrected chi connectivity index (χ3v) is 3.23. The molecule has 0 aromatic heterocycles. The molecule has 16 heavy (non-hydrogen) atoms. The number of thioether (sulfide) groups is 1. The summed E-state index contributed by atoms with van der Waals surface area (Å²) in [5.74, 6) is 3.16. The molecule has 0 saturated heterocycles. The second kappa shape index (κ2) is 7.58. The SMILES string of the molecule is CCSCCCOc1cccc(C(C)O)c1. The largest absolute Gasteiger partial charge is 0.494 e. The van der Waals surface area contributed by atoms with Crippen molar-refractivity contribution in [3.63, 3.8) is 0 Å². The van der Waals surface area contributed by atoms with Crippen LogP contribution in [0.25, 0.3) is 0 Å². The van der Waals surface area contributed by atoms with Crippen molar-refractivity contribution in [1.29, 1.82) is 0 Å².